The van der Waals surface area contributed by atoms with Gasteiger partial charge in [-0.15, -0.1) is 0 Å². The summed E-state index contributed by atoms with van der Waals surface area (Å²) >= 11 is 0. The number of aromatic amines is 2. The van der Waals surface area contributed by atoms with Crippen molar-refractivity contribution in [3.63, 3.8) is 0 Å². The van der Waals surface area contributed by atoms with Crippen molar-refractivity contribution in [2.75, 3.05) is 7.11 Å². The molecule has 0 saturated carbocycles. The summed E-state index contributed by atoms with van der Waals surface area (Å²) in [4.78, 5) is 29.4. The number of H-pyrrole nitrogens is 2. The van der Waals surface area contributed by atoms with Crippen LogP contribution in [-0.4, -0.2) is 28.9 Å². The second-order valence-corrected chi connectivity index (χ2v) is 8.14. The molecule has 0 bridgehead atoms. The van der Waals surface area contributed by atoms with Crippen LogP contribution in [0.5, 0.6) is 5.75 Å². The topological polar surface area (TPSA) is 84.2 Å². The quantitative estimate of drug-likeness (QED) is 0.559. The monoisotopic (exact) mass is 470 g/mol. The number of halogens is 5. The Morgan fingerprint density at radius 3 is 2.42 bits per heavy atom. The van der Waals surface area contributed by atoms with E-state index in [2.05, 4.69) is 9.97 Å². The van der Waals surface area contributed by atoms with E-state index in [1.807, 2.05) is 0 Å². The molecule has 176 valence electrons. The maximum Gasteiger partial charge on any atom is 0.417 e. The van der Waals surface area contributed by atoms with Crippen LogP contribution in [0.1, 0.15) is 37.1 Å². The van der Waals surface area contributed by atoms with Crippen LogP contribution in [-0.2, 0) is 4.74 Å². The third kappa shape index (κ3) is 3.50. The number of methoxy groups -OCH3 is 1. The number of fused-ring (bicyclic) bond motifs is 1. The Morgan fingerprint density at radius 2 is 1.79 bits per heavy atom. The highest BCUT2D eigenvalue weighted by atomic mass is 19.4. The molecule has 33 heavy (non-hydrogen) atoms. The SMILES string of the molecule is COc1c([C@H]2[C@H](c3cc(=O)c4[nH]c(=O)ccc4[nH]3)O[C@@](C)(C(F)(F)F)[C@H]2C)ccc(F)c1F. The van der Waals surface area contributed by atoms with Crippen molar-refractivity contribution in [2.24, 2.45) is 5.92 Å². The molecule has 0 unspecified atom stereocenters. The highest BCUT2D eigenvalue weighted by Crippen LogP contribution is 2.59. The predicted octanol–water partition coefficient (Wildman–Crippen LogP) is 4.32. The number of hydrogen-bond donors (Lipinski definition) is 2. The molecule has 3 heterocycles. The molecule has 1 saturated heterocycles. The smallest absolute Gasteiger partial charge is 0.417 e. The van der Waals surface area contributed by atoms with E-state index in [0.717, 1.165) is 38.3 Å². The Kier molecular flexibility index (Phi) is 5.35. The zero-order valence-electron chi connectivity index (χ0n) is 17.6. The van der Waals surface area contributed by atoms with Crippen LogP contribution in [0.25, 0.3) is 11.0 Å². The molecule has 0 radical (unpaired) electrons. The van der Waals surface area contributed by atoms with Gasteiger partial charge in [-0.2, -0.15) is 17.6 Å². The van der Waals surface area contributed by atoms with Crippen LogP contribution in [0.15, 0.2) is 39.9 Å². The molecule has 1 aliphatic rings. The number of aromatic nitrogens is 2. The van der Waals surface area contributed by atoms with Crippen LogP contribution in [0.2, 0.25) is 0 Å². The number of hydrogen-bond acceptors (Lipinski definition) is 4. The fourth-order valence-corrected chi connectivity index (χ4v) is 4.41. The third-order valence-electron chi connectivity index (χ3n) is 6.35. The second-order valence-electron chi connectivity index (χ2n) is 8.14. The standard InChI is InChI=1S/C22H19F5N2O4/c1-9-16(10-4-5-11(23)17(24)19(10)32-3)20(33-21(9,2)22(25,26)27)13-8-14(30)18-12(28-13)6-7-15(31)29-18/h4-9,16,20H,1-3H3,(H,28,30)(H,29,31)/t9-,16-,20-,21+/m0/s1. The molecule has 3 aromatic rings. The Hall–Kier alpha value is -3.21. The third-order valence-corrected chi connectivity index (χ3v) is 6.35. The summed E-state index contributed by atoms with van der Waals surface area (Å²) in [6, 6.07) is 5.43. The van der Waals surface area contributed by atoms with Crippen LogP contribution < -0.4 is 15.7 Å². The number of ether oxygens (including phenoxy) is 2. The van der Waals surface area contributed by atoms with Gasteiger partial charge in [-0.25, -0.2) is 4.39 Å². The fourth-order valence-electron chi connectivity index (χ4n) is 4.41. The summed E-state index contributed by atoms with van der Waals surface area (Å²) in [5.74, 6) is -5.56. The lowest BCUT2D eigenvalue weighted by Gasteiger charge is -2.32. The summed E-state index contributed by atoms with van der Waals surface area (Å²) in [5, 5.41) is 0. The summed E-state index contributed by atoms with van der Waals surface area (Å²) in [7, 11) is 1.08. The van der Waals surface area contributed by atoms with Gasteiger partial charge in [0.25, 0.3) is 0 Å². The molecule has 2 aromatic heterocycles. The van der Waals surface area contributed by atoms with Crippen molar-refractivity contribution in [3.05, 3.63) is 73.8 Å². The molecule has 4 atom stereocenters. The lowest BCUT2D eigenvalue weighted by Crippen LogP contribution is -2.46. The minimum Gasteiger partial charge on any atom is -0.493 e. The molecule has 2 N–H and O–H groups in total. The van der Waals surface area contributed by atoms with Crippen LogP contribution in [0.4, 0.5) is 22.0 Å². The zero-order chi connectivity index (χ0) is 24.3. The van der Waals surface area contributed by atoms with E-state index in [4.69, 9.17) is 9.47 Å². The van der Waals surface area contributed by atoms with Crippen LogP contribution in [0.3, 0.4) is 0 Å². The van der Waals surface area contributed by atoms with Crippen molar-refractivity contribution in [1.29, 1.82) is 0 Å². The van der Waals surface area contributed by atoms with Gasteiger partial charge in [-0.1, -0.05) is 13.0 Å². The van der Waals surface area contributed by atoms with Crippen molar-refractivity contribution in [3.8, 4) is 5.75 Å². The molecule has 0 spiro atoms. The molecule has 1 fully saturated rings. The Bertz CT molecular complexity index is 1350. The van der Waals surface area contributed by atoms with Crippen molar-refractivity contribution < 1.29 is 31.4 Å². The normalized spacial score (nSPS) is 25.5. The molecule has 11 heteroatoms. The average molecular weight is 470 g/mol. The molecule has 1 aliphatic heterocycles. The second kappa shape index (κ2) is 7.68. The first-order chi connectivity index (χ1) is 15.4. The van der Waals surface area contributed by atoms with Crippen molar-refractivity contribution in [2.45, 2.75) is 37.6 Å². The largest absolute Gasteiger partial charge is 0.493 e. The lowest BCUT2D eigenvalue weighted by atomic mass is 9.76. The summed E-state index contributed by atoms with van der Waals surface area (Å²) in [6.07, 6.45) is -6.21. The van der Waals surface area contributed by atoms with E-state index in [0.29, 0.717) is 0 Å². The minimum absolute atomic E-state index is 0.0174. The van der Waals surface area contributed by atoms with Crippen LogP contribution >= 0.6 is 0 Å². The zero-order valence-corrected chi connectivity index (χ0v) is 17.6. The van der Waals surface area contributed by atoms with E-state index in [-0.39, 0.29) is 22.3 Å². The van der Waals surface area contributed by atoms with Gasteiger partial charge in [0, 0.05) is 35.2 Å². The van der Waals surface area contributed by atoms with Gasteiger partial charge in [0.1, 0.15) is 11.6 Å². The highest BCUT2D eigenvalue weighted by molar-refractivity contribution is 5.73. The number of rotatable bonds is 3. The van der Waals surface area contributed by atoms with E-state index < -0.39 is 58.1 Å². The molecule has 4 rings (SSSR count). The maximum absolute atomic E-state index is 14.5. The number of alkyl halides is 3. The summed E-state index contributed by atoms with van der Waals surface area (Å²) in [6.45, 7) is 2.16. The molecule has 6 nitrogen and oxygen atoms in total. The van der Waals surface area contributed by atoms with E-state index in [1.165, 1.54) is 13.0 Å². The van der Waals surface area contributed by atoms with Crippen molar-refractivity contribution >= 4 is 11.0 Å². The molecular weight excluding hydrogens is 451 g/mol. The van der Waals surface area contributed by atoms with Crippen LogP contribution in [0, 0.1) is 17.6 Å². The predicted molar refractivity (Wildman–Crippen MR) is 108 cm³/mol. The first-order valence-electron chi connectivity index (χ1n) is 9.91. The molecular formula is C22H19F5N2O4. The summed E-state index contributed by atoms with van der Waals surface area (Å²) < 4.78 is 81.0. The highest BCUT2D eigenvalue weighted by Gasteiger charge is 2.65. The first kappa shape index (κ1) is 23.0. The Labute approximate surface area is 183 Å². The van der Waals surface area contributed by atoms with Gasteiger partial charge in [0.15, 0.2) is 17.2 Å². The van der Waals surface area contributed by atoms with Gasteiger partial charge < -0.3 is 19.4 Å². The van der Waals surface area contributed by atoms with E-state index >= 15 is 0 Å². The fraction of sp³-hybridized carbons (Fsp3) is 0.364. The van der Waals surface area contributed by atoms with Gasteiger partial charge in [0.05, 0.1) is 12.6 Å². The Morgan fingerprint density at radius 1 is 1.09 bits per heavy atom. The molecule has 0 amide bonds. The molecule has 0 aliphatic carbocycles. The van der Waals surface area contributed by atoms with E-state index in [9.17, 15) is 31.5 Å². The van der Waals surface area contributed by atoms with Gasteiger partial charge in [-0.3, -0.25) is 9.59 Å². The molecule has 1 aromatic carbocycles. The lowest BCUT2D eigenvalue weighted by molar-refractivity contribution is -0.275. The van der Waals surface area contributed by atoms with Gasteiger partial charge in [0.2, 0.25) is 16.8 Å². The minimum atomic E-state index is -4.81. The van der Waals surface area contributed by atoms with Gasteiger partial charge in [-0.05, 0) is 19.1 Å². The number of benzene rings is 1. The van der Waals surface area contributed by atoms with Crippen molar-refractivity contribution in [1.82, 2.24) is 9.97 Å². The Balaban J connectivity index is 1.97. The average Bonchev–Trinajstić information content (AvgIpc) is 3.02. The van der Waals surface area contributed by atoms with E-state index in [1.54, 1.807) is 0 Å². The summed E-state index contributed by atoms with van der Waals surface area (Å²) in [5.41, 5.74) is -3.79. The first-order valence-corrected chi connectivity index (χ1v) is 9.91. The number of nitrogens with one attached hydrogen (secondary N) is 2. The van der Waals surface area contributed by atoms with Gasteiger partial charge >= 0.3 is 6.18 Å². The number of pyridine rings is 2. The maximum atomic E-state index is 14.5.